The van der Waals surface area contributed by atoms with E-state index in [1.807, 2.05) is 6.07 Å². The molecule has 2 fully saturated rings. The van der Waals surface area contributed by atoms with Gasteiger partial charge in [0.1, 0.15) is 17.5 Å². The minimum Gasteiger partial charge on any atom is -0.384 e. The molecule has 2 N–H and O–H groups in total. The number of nitrogens with two attached hydrogens (primary N) is 1. The summed E-state index contributed by atoms with van der Waals surface area (Å²) >= 11 is 0. The molecule has 0 atom stereocenters. The number of hydrogen-bond acceptors (Lipinski definition) is 4. The normalized spacial score (nSPS) is 22.8. The lowest BCUT2D eigenvalue weighted by Gasteiger charge is -2.39. The second kappa shape index (κ2) is 4.90. The highest BCUT2D eigenvalue weighted by Gasteiger charge is 2.31. The Morgan fingerprint density at radius 2 is 1.80 bits per heavy atom. The van der Waals surface area contributed by atoms with Crippen LogP contribution >= 0.6 is 0 Å². The molecule has 0 bridgehead atoms. The fourth-order valence-corrected chi connectivity index (χ4v) is 3.13. The van der Waals surface area contributed by atoms with E-state index in [1.54, 1.807) is 0 Å². The van der Waals surface area contributed by atoms with Crippen molar-refractivity contribution in [2.24, 2.45) is 5.41 Å². The predicted molar refractivity (Wildman–Crippen MR) is 82.9 cm³/mol. The Labute approximate surface area is 121 Å². The van der Waals surface area contributed by atoms with E-state index in [0.717, 1.165) is 11.6 Å². The van der Waals surface area contributed by atoms with Crippen molar-refractivity contribution in [3.63, 3.8) is 0 Å². The van der Waals surface area contributed by atoms with Gasteiger partial charge in [-0.05, 0) is 43.9 Å². The SMILES string of the molecule is CN(c1cc(N)nc(C2CC2)n1)C1CCC(C)(C)CC1. The van der Waals surface area contributed by atoms with E-state index in [0.29, 0.717) is 23.2 Å². The number of rotatable bonds is 3. The van der Waals surface area contributed by atoms with Crippen LogP contribution < -0.4 is 10.6 Å². The lowest BCUT2D eigenvalue weighted by atomic mass is 9.75. The van der Waals surface area contributed by atoms with Crippen molar-refractivity contribution in [1.82, 2.24) is 9.97 Å². The van der Waals surface area contributed by atoms with Gasteiger partial charge in [0.05, 0.1) is 0 Å². The average Bonchev–Trinajstić information content (AvgIpc) is 3.21. The monoisotopic (exact) mass is 274 g/mol. The molecule has 4 heteroatoms. The maximum Gasteiger partial charge on any atom is 0.136 e. The Morgan fingerprint density at radius 3 is 2.40 bits per heavy atom. The van der Waals surface area contributed by atoms with Gasteiger partial charge in [0.25, 0.3) is 0 Å². The van der Waals surface area contributed by atoms with Crippen LogP contribution in [0.15, 0.2) is 6.07 Å². The summed E-state index contributed by atoms with van der Waals surface area (Å²) in [6.45, 7) is 4.74. The molecule has 1 aromatic rings. The third-order valence-corrected chi connectivity index (χ3v) is 4.91. The first-order valence-electron chi connectivity index (χ1n) is 7.82. The Kier molecular flexibility index (Phi) is 3.35. The minimum atomic E-state index is 0.501. The summed E-state index contributed by atoms with van der Waals surface area (Å²) in [6.07, 6.45) is 7.49. The first-order chi connectivity index (χ1) is 9.44. The highest BCUT2D eigenvalue weighted by atomic mass is 15.2. The lowest BCUT2D eigenvalue weighted by molar-refractivity contribution is 0.222. The van der Waals surface area contributed by atoms with Gasteiger partial charge < -0.3 is 10.6 Å². The summed E-state index contributed by atoms with van der Waals surface area (Å²) in [6, 6.07) is 2.51. The van der Waals surface area contributed by atoms with E-state index in [4.69, 9.17) is 10.7 Å². The van der Waals surface area contributed by atoms with E-state index in [9.17, 15) is 0 Å². The van der Waals surface area contributed by atoms with Crippen LogP contribution in [0.1, 0.15) is 64.1 Å². The third kappa shape index (κ3) is 2.89. The molecule has 1 aromatic heterocycles. The highest BCUT2D eigenvalue weighted by molar-refractivity contribution is 5.48. The van der Waals surface area contributed by atoms with Gasteiger partial charge in [-0.15, -0.1) is 0 Å². The van der Waals surface area contributed by atoms with Crippen molar-refractivity contribution in [1.29, 1.82) is 0 Å². The van der Waals surface area contributed by atoms with Gasteiger partial charge in [-0.1, -0.05) is 13.8 Å². The molecule has 2 aliphatic carbocycles. The predicted octanol–water partition coefficient (Wildman–Crippen LogP) is 3.34. The zero-order chi connectivity index (χ0) is 14.3. The van der Waals surface area contributed by atoms with Crippen molar-refractivity contribution in [3.05, 3.63) is 11.9 Å². The summed E-state index contributed by atoms with van der Waals surface area (Å²) in [4.78, 5) is 11.4. The quantitative estimate of drug-likeness (QED) is 0.918. The second-order valence-corrected chi connectivity index (χ2v) is 7.29. The Hall–Kier alpha value is -1.32. The standard InChI is InChI=1S/C16H26N4/c1-16(2)8-6-12(7-9-16)20(3)14-10-13(17)18-15(19-14)11-4-5-11/h10-12H,4-9H2,1-3H3,(H2,17,18,19). The average molecular weight is 274 g/mol. The van der Waals surface area contributed by atoms with Crippen molar-refractivity contribution in [2.45, 2.75) is 64.3 Å². The minimum absolute atomic E-state index is 0.501. The lowest BCUT2D eigenvalue weighted by Crippen LogP contribution is -2.37. The molecule has 0 saturated heterocycles. The fourth-order valence-electron chi connectivity index (χ4n) is 3.13. The van der Waals surface area contributed by atoms with Crippen molar-refractivity contribution >= 4 is 11.6 Å². The highest BCUT2D eigenvalue weighted by Crippen LogP contribution is 2.40. The summed E-state index contributed by atoms with van der Waals surface area (Å²) in [5.41, 5.74) is 6.46. The molecule has 2 aliphatic rings. The molecule has 0 unspecified atom stereocenters. The van der Waals surface area contributed by atoms with Crippen LogP contribution in [0, 0.1) is 5.41 Å². The van der Waals surface area contributed by atoms with Crippen molar-refractivity contribution in [2.75, 3.05) is 17.7 Å². The number of nitrogens with zero attached hydrogens (tertiary/aromatic N) is 3. The molecule has 1 heterocycles. The second-order valence-electron chi connectivity index (χ2n) is 7.29. The molecule has 110 valence electrons. The van der Waals surface area contributed by atoms with Gasteiger partial charge >= 0.3 is 0 Å². The van der Waals surface area contributed by atoms with Gasteiger partial charge in [0.2, 0.25) is 0 Å². The zero-order valence-corrected chi connectivity index (χ0v) is 12.9. The molecule has 3 rings (SSSR count). The van der Waals surface area contributed by atoms with Crippen molar-refractivity contribution in [3.8, 4) is 0 Å². The van der Waals surface area contributed by atoms with Crippen LogP contribution in [0.2, 0.25) is 0 Å². The molecule has 2 saturated carbocycles. The number of aromatic nitrogens is 2. The van der Waals surface area contributed by atoms with Gasteiger partial charge in [-0.25, -0.2) is 9.97 Å². The van der Waals surface area contributed by atoms with Crippen LogP contribution in [0.25, 0.3) is 0 Å². The molecule has 0 spiro atoms. The van der Waals surface area contributed by atoms with Gasteiger partial charge in [-0.2, -0.15) is 0 Å². The molecular weight excluding hydrogens is 248 g/mol. The molecule has 4 nitrogen and oxygen atoms in total. The van der Waals surface area contributed by atoms with E-state index < -0.39 is 0 Å². The molecule has 0 aliphatic heterocycles. The van der Waals surface area contributed by atoms with Crippen molar-refractivity contribution < 1.29 is 0 Å². The van der Waals surface area contributed by atoms with Crippen LogP contribution in [0.5, 0.6) is 0 Å². The maximum absolute atomic E-state index is 5.96. The first kappa shape index (κ1) is 13.7. The van der Waals surface area contributed by atoms with E-state index in [2.05, 4.69) is 30.8 Å². The third-order valence-electron chi connectivity index (χ3n) is 4.91. The molecule has 0 amide bonds. The number of hydrogen-bond donors (Lipinski definition) is 1. The Balaban J connectivity index is 1.75. The van der Waals surface area contributed by atoms with Gasteiger partial charge in [0, 0.05) is 25.1 Å². The molecular formula is C16H26N4. The van der Waals surface area contributed by atoms with E-state index in [-0.39, 0.29) is 0 Å². The first-order valence-corrected chi connectivity index (χ1v) is 7.82. The zero-order valence-electron chi connectivity index (χ0n) is 12.9. The smallest absolute Gasteiger partial charge is 0.136 e. The molecule has 0 radical (unpaired) electrons. The van der Waals surface area contributed by atoms with Crippen LogP contribution in [-0.4, -0.2) is 23.1 Å². The summed E-state index contributed by atoms with van der Waals surface area (Å²) in [7, 11) is 2.15. The molecule has 0 aromatic carbocycles. The maximum atomic E-state index is 5.96. The topological polar surface area (TPSA) is 55.0 Å². The number of anilines is 2. The van der Waals surface area contributed by atoms with Gasteiger partial charge in [0.15, 0.2) is 0 Å². The summed E-state index contributed by atoms with van der Waals surface area (Å²) < 4.78 is 0. The number of nitrogen functional groups attached to an aromatic ring is 1. The summed E-state index contributed by atoms with van der Waals surface area (Å²) in [5, 5.41) is 0. The summed E-state index contributed by atoms with van der Waals surface area (Å²) in [5.74, 6) is 3.11. The fraction of sp³-hybridized carbons (Fsp3) is 0.750. The Bertz CT molecular complexity index is 483. The molecule has 20 heavy (non-hydrogen) atoms. The van der Waals surface area contributed by atoms with Gasteiger partial charge in [-0.3, -0.25) is 0 Å². The van der Waals surface area contributed by atoms with Crippen LogP contribution in [-0.2, 0) is 0 Å². The van der Waals surface area contributed by atoms with Crippen LogP contribution in [0.3, 0.4) is 0 Å². The largest absolute Gasteiger partial charge is 0.384 e. The Morgan fingerprint density at radius 1 is 1.15 bits per heavy atom. The van der Waals surface area contributed by atoms with Crippen LogP contribution in [0.4, 0.5) is 11.6 Å². The van der Waals surface area contributed by atoms with E-state index in [1.165, 1.54) is 38.5 Å². The van der Waals surface area contributed by atoms with E-state index >= 15 is 0 Å².